The number of hydrogen-bond acceptors (Lipinski definition) is 5. The highest BCUT2D eigenvalue weighted by Gasteiger charge is 2.48. The molecule has 6 nitrogen and oxygen atoms in total. The highest BCUT2D eigenvalue weighted by atomic mass is 32.2. The molecule has 3 saturated carbocycles. The van der Waals surface area contributed by atoms with E-state index in [2.05, 4.69) is 0 Å². The van der Waals surface area contributed by atoms with Crippen molar-refractivity contribution in [3.63, 3.8) is 0 Å². The lowest BCUT2D eigenvalue weighted by Crippen LogP contribution is -2.46. The summed E-state index contributed by atoms with van der Waals surface area (Å²) in [6.07, 6.45) is 9.78. The normalized spacial score (nSPS) is 38.3. The molecule has 1 heterocycles. The van der Waals surface area contributed by atoms with Crippen molar-refractivity contribution in [2.45, 2.75) is 113 Å². The van der Waals surface area contributed by atoms with Gasteiger partial charge in [-0.1, -0.05) is 32.1 Å². The molecule has 31 heavy (non-hydrogen) atoms. The molecular formula is C23H39FN2O4S. The summed E-state index contributed by atoms with van der Waals surface area (Å²) in [6, 6.07) is -0.363. The smallest absolute Gasteiger partial charge is 0.252 e. The molecule has 0 bridgehead atoms. The number of halogens is 1. The Balaban J connectivity index is 1.59. The van der Waals surface area contributed by atoms with E-state index in [4.69, 9.17) is 14.6 Å². The van der Waals surface area contributed by atoms with Crippen LogP contribution in [0, 0.1) is 11.8 Å². The van der Waals surface area contributed by atoms with E-state index in [0.29, 0.717) is 25.7 Å². The van der Waals surface area contributed by atoms with Crippen LogP contribution in [0.5, 0.6) is 0 Å². The summed E-state index contributed by atoms with van der Waals surface area (Å²) in [7, 11) is -0.153. The second-order valence-corrected chi connectivity index (χ2v) is 12.0. The highest BCUT2D eigenvalue weighted by Crippen LogP contribution is 2.42. The first-order chi connectivity index (χ1) is 15.0. The second kappa shape index (κ2) is 10.0. The van der Waals surface area contributed by atoms with Gasteiger partial charge in [-0.15, -0.1) is 0 Å². The van der Waals surface area contributed by atoms with Gasteiger partial charge >= 0.3 is 0 Å². The van der Waals surface area contributed by atoms with E-state index in [-0.39, 0.29) is 35.3 Å². The van der Waals surface area contributed by atoms with Crippen LogP contribution in [0.3, 0.4) is 0 Å². The Labute approximate surface area is 187 Å². The highest BCUT2D eigenvalue weighted by molar-refractivity contribution is 7.89. The van der Waals surface area contributed by atoms with Crippen LogP contribution in [0.25, 0.3) is 0 Å². The van der Waals surface area contributed by atoms with Gasteiger partial charge in [0.05, 0.1) is 23.5 Å². The minimum atomic E-state index is -3.57. The number of methoxy groups -OCH3 is 2. The molecule has 6 atom stereocenters. The third-order valence-corrected chi connectivity index (χ3v) is 10.4. The van der Waals surface area contributed by atoms with Crippen LogP contribution in [0.15, 0.2) is 5.10 Å². The van der Waals surface area contributed by atoms with Crippen molar-refractivity contribution in [1.82, 2.24) is 4.41 Å². The molecule has 4 rings (SSSR count). The van der Waals surface area contributed by atoms with Crippen LogP contribution in [-0.2, 0) is 19.5 Å². The van der Waals surface area contributed by atoms with Crippen molar-refractivity contribution < 1.29 is 22.3 Å². The average Bonchev–Trinajstić information content (AvgIpc) is 3.25. The summed E-state index contributed by atoms with van der Waals surface area (Å²) in [5.41, 5.74) is 0.929. The molecule has 0 N–H and O–H groups in total. The van der Waals surface area contributed by atoms with Crippen LogP contribution in [0.2, 0.25) is 0 Å². The van der Waals surface area contributed by atoms with Gasteiger partial charge < -0.3 is 9.47 Å². The summed E-state index contributed by atoms with van der Waals surface area (Å²) in [4.78, 5) is 0. The summed E-state index contributed by atoms with van der Waals surface area (Å²) < 4.78 is 54.9. The molecule has 0 radical (unpaired) electrons. The Morgan fingerprint density at radius 2 is 1.58 bits per heavy atom. The quantitative estimate of drug-likeness (QED) is 0.590. The zero-order chi connectivity index (χ0) is 22.0. The van der Waals surface area contributed by atoms with Gasteiger partial charge in [0.2, 0.25) is 0 Å². The maximum Gasteiger partial charge on any atom is 0.252 e. The molecule has 0 amide bonds. The van der Waals surface area contributed by atoms with E-state index in [1.165, 1.54) is 4.41 Å². The summed E-state index contributed by atoms with van der Waals surface area (Å²) in [6.45, 7) is 0. The first-order valence-corrected chi connectivity index (χ1v) is 13.8. The van der Waals surface area contributed by atoms with Gasteiger partial charge in [0.25, 0.3) is 10.0 Å². The fourth-order valence-corrected chi connectivity index (χ4v) is 8.39. The lowest BCUT2D eigenvalue weighted by molar-refractivity contribution is -0.0639. The Morgan fingerprint density at radius 1 is 0.903 bits per heavy atom. The lowest BCUT2D eigenvalue weighted by atomic mass is 9.77. The SMILES string of the molecule is COC1CCC(C2=NN(S(=O)(=O)C3CCCCC3)C(C3CCCCC3F)C2)CC1OC. The summed E-state index contributed by atoms with van der Waals surface area (Å²) in [5, 5.41) is 4.40. The molecule has 0 aromatic carbocycles. The topological polar surface area (TPSA) is 68.2 Å². The predicted molar refractivity (Wildman–Crippen MR) is 119 cm³/mol. The van der Waals surface area contributed by atoms with Gasteiger partial charge in [0.1, 0.15) is 6.17 Å². The third-order valence-electron chi connectivity index (χ3n) is 8.20. The number of rotatable bonds is 6. The van der Waals surface area contributed by atoms with Crippen molar-refractivity contribution >= 4 is 15.7 Å². The number of hydrogen-bond donors (Lipinski definition) is 0. The standard InChI is InChI=1S/C23H39FN2O4S/c1-29-22-13-12-16(14-23(22)30-2)20-15-21(18-10-6-7-11-19(18)24)26(25-20)31(27,28)17-8-4-3-5-9-17/h16-19,21-23H,3-15H2,1-2H3. The van der Waals surface area contributed by atoms with E-state index < -0.39 is 16.2 Å². The maximum atomic E-state index is 15.0. The van der Waals surface area contributed by atoms with E-state index in [9.17, 15) is 12.8 Å². The largest absolute Gasteiger partial charge is 0.379 e. The molecule has 3 aliphatic carbocycles. The van der Waals surface area contributed by atoms with Crippen LogP contribution >= 0.6 is 0 Å². The van der Waals surface area contributed by atoms with Gasteiger partial charge in [-0.3, -0.25) is 0 Å². The molecule has 6 unspecified atom stereocenters. The molecule has 0 aromatic heterocycles. The maximum absolute atomic E-state index is 15.0. The molecule has 3 fully saturated rings. The van der Waals surface area contributed by atoms with E-state index >= 15 is 0 Å². The molecule has 0 spiro atoms. The molecule has 4 aliphatic rings. The minimum absolute atomic E-state index is 0.0162. The van der Waals surface area contributed by atoms with E-state index in [1.807, 2.05) is 0 Å². The summed E-state index contributed by atoms with van der Waals surface area (Å²) in [5.74, 6) is -0.0750. The predicted octanol–water partition coefficient (Wildman–Crippen LogP) is 4.44. The summed E-state index contributed by atoms with van der Waals surface area (Å²) >= 11 is 0. The van der Waals surface area contributed by atoms with Crippen molar-refractivity contribution in [2.24, 2.45) is 16.9 Å². The van der Waals surface area contributed by atoms with E-state index in [0.717, 1.165) is 63.5 Å². The fraction of sp³-hybridized carbons (Fsp3) is 0.957. The fourth-order valence-electron chi connectivity index (χ4n) is 6.33. The zero-order valence-electron chi connectivity index (χ0n) is 19.0. The van der Waals surface area contributed by atoms with Gasteiger partial charge in [-0.2, -0.15) is 9.52 Å². The Morgan fingerprint density at radius 3 is 2.26 bits per heavy atom. The molecule has 0 saturated heterocycles. The zero-order valence-corrected chi connectivity index (χ0v) is 19.9. The van der Waals surface area contributed by atoms with Crippen LogP contribution in [-0.4, -0.2) is 62.4 Å². The lowest BCUT2D eigenvalue weighted by Gasteiger charge is -2.37. The van der Waals surface area contributed by atoms with Gasteiger partial charge in [0.15, 0.2) is 0 Å². The number of nitrogens with zero attached hydrogens (tertiary/aromatic N) is 2. The minimum Gasteiger partial charge on any atom is -0.379 e. The van der Waals surface area contributed by atoms with Crippen molar-refractivity contribution in [3.8, 4) is 0 Å². The number of alkyl halides is 1. The van der Waals surface area contributed by atoms with Crippen molar-refractivity contribution in [2.75, 3.05) is 14.2 Å². The number of ether oxygens (including phenoxy) is 2. The van der Waals surface area contributed by atoms with Crippen molar-refractivity contribution in [3.05, 3.63) is 0 Å². The molecule has 0 aromatic rings. The van der Waals surface area contributed by atoms with Crippen LogP contribution in [0.1, 0.15) is 83.5 Å². The third kappa shape index (κ3) is 4.81. The van der Waals surface area contributed by atoms with Crippen molar-refractivity contribution in [1.29, 1.82) is 0 Å². The molecule has 1 aliphatic heterocycles. The monoisotopic (exact) mass is 458 g/mol. The first kappa shape index (κ1) is 23.4. The van der Waals surface area contributed by atoms with Crippen LogP contribution in [0.4, 0.5) is 4.39 Å². The number of sulfonamides is 1. The van der Waals surface area contributed by atoms with Gasteiger partial charge in [-0.25, -0.2) is 12.8 Å². The van der Waals surface area contributed by atoms with Crippen LogP contribution < -0.4 is 0 Å². The van der Waals surface area contributed by atoms with Gasteiger partial charge in [0, 0.05) is 38.2 Å². The molecular weight excluding hydrogens is 419 g/mol. The van der Waals surface area contributed by atoms with E-state index in [1.54, 1.807) is 14.2 Å². The van der Waals surface area contributed by atoms with Gasteiger partial charge in [-0.05, 0) is 44.9 Å². The Bertz CT molecular complexity index is 740. The number of hydrazone groups is 1. The Hall–Kier alpha value is -0.730. The molecule has 8 heteroatoms. The second-order valence-electron chi connectivity index (χ2n) is 9.96. The first-order valence-electron chi connectivity index (χ1n) is 12.3. The average molecular weight is 459 g/mol. The Kier molecular flexibility index (Phi) is 7.59. The molecule has 178 valence electrons.